The van der Waals surface area contributed by atoms with Gasteiger partial charge in [-0.15, -0.1) is 6.42 Å². The van der Waals surface area contributed by atoms with E-state index in [0.717, 1.165) is 16.9 Å². The maximum Gasteiger partial charge on any atom is 0.134 e. The van der Waals surface area contributed by atoms with Crippen LogP contribution in [0.4, 0.5) is 0 Å². The average Bonchev–Trinajstić information content (AvgIpc) is 2.08. The Kier molecular flexibility index (Phi) is 2.76. The van der Waals surface area contributed by atoms with Crippen molar-refractivity contribution in [2.45, 2.75) is 13.8 Å². The summed E-state index contributed by atoms with van der Waals surface area (Å²) in [5.74, 6) is 3.39. The van der Waals surface area contributed by atoms with Gasteiger partial charge in [-0.05, 0) is 31.5 Å². The summed E-state index contributed by atoms with van der Waals surface area (Å²) in [5, 5.41) is 0. The van der Waals surface area contributed by atoms with Crippen LogP contribution in [0.3, 0.4) is 0 Å². The minimum Gasteiger partial charge on any atom is -0.493 e. The molecule has 0 fully saturated rings. The van der Waals surface area contributed by atoms with Crippen molar-refractivity contribution < 1.29 is 4.74 Å². The Balaban J connectivity index is 3.05. The fourth-order valence-corrected chi connectivity index (χ4v) is 1.04. The maximum atomic E-state index is 5.34. The Bertz CT molecular complexity index is 307. The molecule has 0 saturated heterocycles. The largest absolute Gasteiger partial charge is 0.493 e. The number of hydrogen-bond acceptors (Lipinski definition) is 1. The van der Waals surface area contributed by atoms with Gasteiger partial charge in [-0.1, -0.05) is 12.0 Å². The zero-order valence-electron chi connectivity index (χ0n) is 7.42. The van der Waals surface area contributed by atoms with Crippen LogP contribution in [0.5, 0.6) is 5.75 Å². The van der Waals surface area contributed by atoms with E-state index < -0.39 is 0 Å². The summed E-state index contributed by atoms with van der Waals surface area (Å²) < 4.78 is 5.34. The third kappa shape index (κ3) is 1.79. The van der Waals surface area contributed by atoms with Gasteiger partial charge in [0.15, 0.2) is 0 Å². The first-order valence-electron chi connectivity index (χ1n) is 3.98. The summed E-state index contributed by atoms with van der Waals surface area (Å²) in [4.78, 5) is 0. The lowest BCUT2D eigenvalue weighted by Gasteiger charge is -2.05. The average molecular weight is 160 g/mol. The van der Waals surface area contributed by atoms with Crippen molar-refractivity contribution >= 4 is 0 Å². The number of rotatable bonds is 2. The Hall–Kier alpha value is -1.42. The highest BCUT2D eigenvalue weighted by Crippen LogP contribution is 2.18. The number of benzene rings is 1. The van der Waals surface area contributed by atoms with Crippen molar-refractivity contribution in [1.82, 2.24) is 0 Å². The van der Waals surface area contributed by atoms with E-state index >= 15 is 0 Å². The van der Waals surface area contributed by atoms with Crippen LogP contribution in [-0.4, -0.2) is 6.61 Å². The molecule has 0 aliphatic heterocycles. The van der Waals surface area contributed by atoms with Crippen LogP contribution >= 0.6 is 0 Å². The predicted octanol–water partition coefficient (Wildman–Crippen LogP) is 2.38. The fraction of sp³-hybridized carbons (Fsp3) is 0.273. The molecular weight excluding hydrogens is 148 g/mol. The minimum atomic E-state index is 0.651. The minimum absolute atomic E-state index is 0.651. The zero-order valence-corrected chi connectivity index (χ0v) is 7.42. The smallest absolute Gasteiger partial charge is 0.134 e. The van der Waals surface area contributed by atoms with E-state index in [9.17, 15) is 0 Å². The van der Waals surface area contributed by atoms with E-state index in [1.165, 1.54) is 0 Å². The molecule has 1 heteroatoms. The van der Waals surface area contributed by atoms with Crippen molar-refractivity contribution in [2.24, 2.45) is 0 Å². The van der Waals surface area contributed by atoms with Gasteiger partial charge in [0.1, 0.15) is 5.75 Å². The molecule has 0 amide bonds. The number of ether oxygens (including phenoxy) is 1. The molecule has 0 N–H and O–H groups in total. The molecule has 0 saturated carbocycles. The molecule has 0 bridgehead atoms. The quantitative estimate of drug-likeness (QED) is 0.603. The van der Waals surface area contributed by atoms with Crippen LogP contribution in [-0.2, 0) is 0 Å². The molecule has 1 aromatic rings. The van der Waals surface area contributed by atoms with Crippen LogP contribution < -0.4 is 4.74 Å². The van der Waals surface area contributed by atoms with E-state index in [4.69, 9.17) is 11.2 Å². The maximum absolute atomic E-state index is 5.34. The number of hydrogen-bond donors (Lipinski definition) is 0. The first-order valence-corrected chi connectivity index (χ1v) is 3.98. The summed E-state index contributed by atoms with van der Waals surface area (Å²) in [7, 11) is 0. The Labute approximate surface area is 73.4 Å². The molecule has 62 valence electrons. The molecule has 0 spiro atoms. The monoisotopic (exact) mass is 160 g/mol. The molecule has 1 aromatic carbocycles. The van der Waals surface area contributed by atoms with Gasteiger partial charge in [-0.2, -0.15) is 0 Å². The van der Waals surface area contributed by atoms with Crippen molar-refractivity contribution in [2.75, 3.05) is 6.61 Å². The molecule has 1 nitrogen and oxygen atoms in total. The highest BCUT2D eigenvalue weighted by Gasteiger charge is 1.99. The van der Waals surface area contributed by atoms with E-state index in [1.54, 1.807) is 0 Å². The van der Waals surface area contributed by atoms with Crippen molar-refractivity contribution in [3.8, 4) is 18.1 Å². The molecule has 0 unspecified atom stereocenters. The van der Waals surface area contributed by atoms with Gasteiger partial charge in [0, 0.05) is 0 Å². The Morgan fingerprint density at radius 2 is 2.25 bits per heavy atom. The molecule has 0 aromatic heterocycles. The molecule has 0 heterocycles. The third-order valence-corrected chi connectivity index (χ3v) is 1.59. The normalized spacial score (nSPS) is 9.08. The van der Waals surface area contributed by atoms with Crippen molar-refractivity contribution in [3.63, 3.8) is 0 Å². The molecule has 0 aliphatic rings. The molecule has 0 radical (unpaired) electrons. The van der Waals surface area contributed by atoms with Gasteiger partial charge in [-0.3, -0.25) is 0 Å². The van der Waals surface area contributed by atoms with Crippen molar-refractivity contribution in [3.05, 3.63) is 29.3 Å². The first-order chi connectivity index (χ1) is 5.77. The second kappa shape index (κ2) is 3.82. The molecule has 0 aliphatic carbocycles. The summed E-state index contributed by atoms with van der Waals surface area (Å²) in [6, 6.07) is 5.85. The zero-order chi connectivity index (χ0) is 8.97. The number of aryl methyl sites for hydroxylation is 1. The number of terminal acetylenes is 1. The summed E-state index contributed by atoms with van der Waals surface area (Å²) in [6.07, 6.45) is 5.32. The second-order valence-electron chi connectivity index (χ2n) is 2.58. The van der Waals surface area contributed by atoms with E-state index in [-0.39, 0.29) is 0 Å². The van der Waals surface area contributed by atoms with Gasteiger partial charge in [-0.25, -0.2) is 0 Å². The SMILES string of the molecule is C#Cc1cc(C)ccc1OCC. The van der Waals surface area contributed by atoms with Gasteiger partial charge < -0.3 is 4.74 Å². The highest BCUT2D eigenvalue weighted by molar-refractivity contribution is 5.46. The standard InChI is InChI=1S/C11H12O/c1-4-10-8-9(3)6-7-11(10)12-5-2/h1,6-8H,5H2,2-3H3. The second-order valence-corrected chi connectivity index (χ2v) is 2.58. The van der Waals surface area contributed by atoms with E-state index in [0.29, 0.717) is 6.61 Å². The van der Waals surface area contributed by atoms with Gasteiger partial charge in [0.05, 0.1) is 12.2 Å². The van der Waals surface area contributed by atoms with Crippen LogP contribution in [0.1, 0.15) is 18.1 Å². The third-order valence-electron chi connectivity index (χ3n) is 1.59. The lowest BCUT2D eigenvalue weighted by Crippen LogP contribution is -1.94. The van der Waals surface area contributed by atoms with Crippen LogP contribution in [0.15, 0.2) is 18.2 Å². The van der Waals surface area contributed by atoms with Crippen LogP contribution in [0.25, 0.3) is 0 Å². The summed E-state index contributed by atoms with van der Waals surface area (Å²) in [5.41, 5.74) is 1.99. The lowest BCUT2D eigenvalue weighted by molar-refractivity contribution is 0.339. The molecule has 12 heavy (non-hydrogen) atoms. The van der Waals surface area contributed by atoms with Crippen LogP contribution in [0, 0.1) is 19.3 Å². The van der Waals surface area contributed by atoms with Crippen LogP contribution in [0.2, 0.25) is 0 Å². The summed E-state index contributed by atoms with van der Waals surface area (Å²) >= 11 is 0. The Morgan fingerprint density at radius 3 is 2.83 bits per heavy atom. The van der Waals surface area contributed by atoms with E-state index in [1.807, 2.05) is 32.0 Å². The van der Waals surface area contributed by atoms with Gasteiger partial charge >= 0.3 is 0 Å². The van der Waals surface area contributed by atoms with E-state index in [2.05, 4.69) is 5.92 Å². The first kappa shape index (κ1) is 8.67. The Morgan fingerprint density at radius 1 is 1.50 bits per heavy atom. The van der Waals surface area contributed by atoms with Crippen molar-refractivity contribution in [1.29, 1.82) is 0 Å². The molecule has 1 rings (SSSR count). The van der Waals surface area contributed by atoms with Gasteiger partial charge in [0.25, 0.3) is 0 Å². The van der Waals surface area contributed by atoms with Gasteiger partial charge in [0.2, 0.25) is 0 Å². The molecular formula is C11H12O. The lowest BCUT2D eigenvalue weighted by atomic mass is 10.1. The topological polar surface area (TPSA) is 9.23 Å². The molecule has 0 atom stereocenters. The fourth-order valence-electron chi connectivity index (χ4n) is 1.04. The summed E-state index contributed by atoms with van der Waals surface area (Å²) in [6.45, 7) is 4.61. The highest BCUT2D eigenvalue weighted by atomic mass is 16.5. The predicted molar refractivity (Wildman–Crippen MR) is 50.3 cm³/mol.